The zero-order valence-corrected chi connectivity index (χ0v) is 23.9. The first kappa shape index (κ1) is 28.0. The van der Waals surface area contributed by atoms with E-state index in [9.17, 15) is 22.0 Å². The van der Waals surface area contributed by atoms with Gasteiger partial charge in [-0.2, -0.15) is 9.40 Å². The average Bonchev–Trinajstić information content (AvgIpc) is 3.60. The predicted molar refractivity (Wildman–Crippen MR) is 149 cm³/mol. The van der Waals surface area contributed by atoms with Crippen molar-refractivity contribution >= 4 is 21.9 Å². The molecule has 0 unspecified atom stereocenters. The molecule has 42 heavy (non-hydrogen) atoms. The minimum atomic E-state index is -4.19. The molecule has 0 radical (unpaired) electrons. The van der Waals surface area contributed by atoms with Gasteiger partial charge in [0.1, 0.15) is 18.2 Å². The molecule has 3 aromatic heterocycles. The van der Waals surface area contributed by atoms with Crippen LogP contribution in [0.15, 0.2) is 65.6 Å². The van der Waals surface area contributed by atoms with Crippen LogP contribution in [0.25, 0.3) is 11.8 Å². The Balaban J connectivity index is 1.45. The smallest absolute Gasteiger partial charge is 0.264 e. The van der Waals surface area contributed by atoms with Crippen molar-refractivity contribution in [2.24, 2.45) is 12.5 Å². The molecule has 1 fully saturated rings. The maximum absolute atomic E-state index is 14.4. The van der Waals surface area contributed by atoms with Crippen molar-refractivity contribution in [3.8, 4) is 5.69 Å². The van der Waals surface area contributed by atoms with Crippen LogP contribution in [0.1, 0.15) is 46.6 Å². The lowest BCUT2D eigenvalue weighted by Gasteiger charge is -2.46. The summed E-state index contributed by atoms with van der Waals surface area (Å²) >= 11 is 0. The highest BCUT2D eigenvalue weighted by Gasteiger charge is 2.52. The van der Waals surface area contributed by atoms with Gasteiger partial charge in [0, 0.05) is 25.8 Å². The molecule has 0 spiro atoms. The Kier molecular flexibility index (Phi) is 7.09. The molecule has 3 heterocycles. The van der Waals surface area contributed by atoms with Crippen molar-refractivity contribution in [3.05, 3.63) is 88.9 Å². The van der Waals surface area contributed by atoms with Gasteiger partial charge in [-0.15, -0.1) is 5.10 Å². The lowest BCUT2D eigenvalue weighted by molar-refractivity contribution is 0.0734. The van der Waals surface area contributed by atoms with Crippen LogP contribution >= 0.6 is 0 Å². The lowest BCUT2D eigenvalue weighted by Crippen LogP contribution is -2.51. The summed E-state index contributed by atoms with van der Waals surface area (Å²) in [5.74, 6) is -0.583. The standard InChI is InChI=1S/C29H29F2N7O3S/c1-19-9-11-32-25(13-19)28(39)29-15-20-17-33-38(23-7-4-22(31)5-8-23)26(20)14-21(29)3-6-24(16-29)37(12-10-30)42(40,41)27-18-36(2)35-34-27/h4-5,7-9,11,13-14,17-18,24H,3,6,10,12,15-16H2,1-2H3/t24-,29-/m0/s1. The molecule has 218 valence electrons. The van der Waals surface area contributed by atoms with Crippen molar-refractivity contribution in [2.75, 3.05) is 13.2 Å². The van der Waals surface area contributed by atoms with E-state index in [0.717, 1.165) is 26.7 Å². The Morgan fingerprint density at radius 2 is 2.00 bits per heavy atom. The second kappa shape index (κ2) is 10.6. The molecule has 4 aromatic rings. The molecule has 6 rings (SSSR count). The number of allylic oxidation sites excluding steroid dienone is 1. The summed E-state index contributed by atoms with van der Waals surface area (Å²) in [5.41, 5.74) is 3.10. The fraction of sp³-hybridized carbons (Fsp3) is 0.345. The molecule has 2 aliphatic rings. The van der Waals surface area contributed by atoms with Crippen LogP contribution in [-0.2, 0) is 23.5 Å². The molecule has 0 N–H and O–H groups in total. The van der Waals surface area contributed by atoms with Gasteiger partial charge in [-0.3, -0.25) is 14.5 Å². The van der Waals surface area contributed by atoms with Crippen LogP contribution < -0.4 is 0 Å². The van der Waals surface area contributed by atoms with E-state index in [0.29, 0.717) is 18.5 Å². The zero-order chi connectivity index (χ0) is 29.6. The third-order valence-corrected chi connectivity index (χ3v) is 9.97. The summed E-state index contributed by atoms with van der Waals surface area (Å²) in [4.78, 5) is 18.8. The fourth-order valence-corrected chi connectivity index (χ4v) is 7.72. The van der Waals surface area contributed by atoms with Gasteiger partial charge in [-0.1, -0.05) is 10.8 Å². The topological polar surface area (TPSA) is 116 Å². The highest BCUT2D eigenvalue weighted by atomic mass is 32.2. The van der Waals surface area contributed by atoms with Crippen LogP contribution in [0.5, 0.6) is 0 Å². The summed E-state index contributed by atoms with van der Waals surface area (Å²) in [6.07, 6.45) is 7.65. The summed E-state index contributed by atoms with van der Waals surface area (Å²) in [6.45, 7) is 0.607. The van der Waals surface area contributed by atoms with Crippen LogP contribution in [0.2, 0.25) is 0 Å². The number of pyridine rings is 1. The number of nitrogens with zero attached hydrogens (tertiary/aromatic N) is 7. The van der Waals surface area contributed by atoms with Crippen molar-refractivity contribution in [3.63, 3.8) is 0 Å². The maximum Gasteiger partial charge on any atom is 0.264 e. The van der Waals surface area contributed by atoms with Crippen LogP contribution in [0.3, 0.4) is 0 Å². The van der Waals surface area contributed by atoms with Gasteiger partial charge in [0.05, 0.1) is 29.2 Å². The van der Waals surface area contributed by atoms with E-state index in [2.05, 4.69) is 20.4 Å². The number of aromatic nitrogens is 6. The Labute approximate surface area is 241 Å². The first-order chi connectivity index (χ1) is 20.1. The summed E-state index contributed by atoms with van der Waals surface area (Å²) in [5, 5.41) is 11.8. The van der Waals surface area contributed by atoms with E-state index in [1.165, 1.54) is 23.0 Å². The minimum Gasteiger partial charge on any atom is -0.291 e. The molecule has 2 atom stereocenters. The van der Waals surface area contributed by atoms with E-state index in [4.69, 9.17) is 0 Å². The van der Waals surface area contributed by atoms with E-state index >= 15 is 0 Å². The number of rotatable bonds is 8. The maximum atomic E-state index is 14.4. The van der Waals surface area contributed by atoms with E-state index < -0.39 is 28.2 Å². The molecule has 0 saturated heterocycles. The minimum absolute atomic E-state index is 0.133. The molecule has 0 amide bonds. The van der Waals surface area contributed by atoms with Gasteiger partial charge in [0.25, 0.3) is 10.0 Å². The Morgan fingerprint density at radius 3 is 2.69 bits per heavy atom. The number of benzene rings is 1. The summed E-state index contributed by atoms with van der Waals surface area (Å²) in [7, 11) is -2.64. The molecular weight excluding hydrogens is 564 g/mol. The number of fused-ring (bicyclic) bond motifs is 2. The SMILES string of the molecule is Cc1ccnc(C(=O)[C@]23Cc4cnn(-c5ccc(F)cc5)c4C=C2CC[C@H](N(CCF)S(=O)(=O)c2cn(C)nn2)C3)c1. The molecule has 13 heteroatoms. The van der Waals surface area contributed by atoms with Crippen molar-refractivity contribution in [1.29, 1.82) is 0 Å². The van der Waals surface area contributed by atoms with Crippen molar-refractivity contribution in [2.45, 2.75) is 43.7 Å². The Morgan fingerprint density at radius 1 is 1.21 bits per heavy atom. The number of alkyl halides is 1. The molecule has 0 bridgehead atoms. The van der Waals surface area contributed by atoms with Crippen LogP contribution in [-0.4, -0.2) is 67.5 Å². The molecule has 0 aliphatic heterocycles. The lowest BCUT2D eigenvalue weighted by atomic mass is 9.60. The average molecular weight is 594 g/mol. The number of halogens is 2. The number of hydrogen-bond acceptors (Lipinski definition) is 7. The second-order valence-corrected chi connectivity index (χ2v) is 12.7. The van der Waals surface area contributed by atoms with Gasteiger partial charge < -0.3 is 0 Å². The van der Waals surface area contributed by atoms with Crippen molar-refractivity contribution < 1.29 is 22.0 Å². The second-order valence-electron chi connectivity index (χ2n) is 10.9. The first-order valence-corrected chi connectivity index (χ1v) is 15.0. The van der Waals surface area contributed by atoms with E-state index in [1.807, 2.05) is 13.0 Å². The molecule has 10 nitrogen and oxygen atoms in total. The number of sulfonamides is 1. The fourth-order valence-electron chi connectivity index (χ4n) is 6.17. The third-order valence-electron chi connectivity index (χ3n) is 8.16. The molecular formula is C29H29F2N7O3S. The van der Waals surface area contributed by atoms with Crippen LogP contribution in [0, 0.1) is 18.2 Å². The summed E-state index contributed by atoms with van der Waals surface area (Å²) < 4.78 is 58.9. The van der Waals surface area contributed by atoms with Crippen LogP contribution in [0.4, 0.5) is 8.78 Å². The van der Waals surface area contributed by atoms with Gasteiger partial charge >= 0.3 is 0 Å². The quantitative estimate of drug-likeness (QED) is 0.285. The molecule has 1 saturated carbocycles. The Hall–Kier alpha value is -4.10. The van der Waals surface area contributed by atoms with Gasteiger partial charge in [0.2, 0.25) is 5.03 Å². The number of carbonyl (C=O) groups is 1. The van der Waals surface area contributed by atoms with Gasteiger partial charge in [-0.25, -0.2) is 21.9 Å². The number of hydrogen-bond donors (Lipinski definition) is 0. The number of Topliss-reactive ketones (excluding diaryl/α,β-unsaturated/α-hetero) is 1. The largest absolute Gasteiger partial charge is 0.291 e. The zero-order valence-electron chi connectivity index (χ0n) is 23.1. The molecule has 1 aromatic carbocycles. The highest BCUT2D eigenvalue weighted by Crippen LogP contribution is 2.51. The highest BCUT2D eigenvalue weighted by molar-refractivity contribution is 7.89. The normalized spacial score (nSPS) is 20.2. The van der Waals surface area contributed by atoms with E-state index in [1.54, 1.807) is 48.4 Å². The monoisotopic (exact) mass is 593 g/mol. The summed E-state index contributed by atoms with van der Waals surface area (Å²) in [6, 6.07) is 8.84. The number of carbonyl (C=O) groups excluding carboxylic acids is 1. The Bertz CT molecular complexity index is 1800. The van der Waals surface area contributed by atoms with Gasteiger partial charge in [-0.05, 0) is 86.2 Å². The van der Waals surface area contributed by atoms with Gasteiger partial charge in [0.15, 0.2) is 5.78 Å². The molecule has 2 aliphatic carbocycles. The third kappa shape index (κ3) is 4.75. The number of aryl methyl sites for hydroxylation is 2. The van der Waals surface area contributed by atoms with E-state index in [-0.39, 0.29) is 41.7 Å². The predicted octanol–water partition coefficient (Wildman–Crippen LogP) is 3.87. The van der Waals surface area contributed by atoms with Crippen molar-refractivity contribution in [1.82, 2.24) is 34.1 Å². The number of ketones is 1. The first-order valence-electron chi connectivity index (χ1n) is 13.6.